The van der Waals surface area contributed by atoms with Gasteiger partial charge in [0, 0.05) is 24.2 Å². The first-order valence-corrected chi connectivity index (χ1v) is 7.37. The van der Waals surface area contributed by atoms with Gasteiger partial charge < -0.3 is 5.11 Å². The topological polar surface area (TPSA) is 23.5 Å². The van der Waals surface area contributed by atoms with Gasteiger partial charge in [-0.3, -0.25) is 4.90 Å². The Morgan fingerprint density at radius 2 is 2.00 bits per heavy atom. The van der Waals surface area contributed by atoms with Crippen LogP contribution in [0.2, 0.25) is 5.02 Å². The number of hydrogen-bond donors (Lipinski definition) is 1. The van der Waals surface area contributed by atoms with E-state index in [4.69, 9.17) is 11.6 Å². The lowest BCUT2D eigenvalue weighted by atomic mass is 9.94. The average molecular weight is 286 g/mol. The molecule has 1 aliphatic carbocycles. The molecular formula is C15H21ClFNO. The summed E-state index contributed by atoms with van der Waals surface area (Å²) in [5.74, 6) is -0.257. The maximum absolute atomic E-state index is 13.3. The molecule has 1 aromatic carbocycles. The standard InChI is InChI=1S/C15H21ClFNO/c16-15-7-6-13(17)10-12(15)11-18(8-9-19)14-4-2-1-3-5-14/h6-7,10,14,19H,1-5,8-9,11H2. The van der Waals surface area contributed by atoms with Crippen LogP contribution in [0, 0.1) is 5.82 Å². The van der Waals surface area contributed by atoms with Crippen molar-refractivity contribution in [1.29, 1.82) is 0 Å². The van der Waals surface area contributed by atoms with Crippen LogP contribution in [0.3, 0.4) is 0 Å². The van der Waals surface area contributed by atoms with Crippen LogP contribution in [0.1, 0.15) is 37.7 Å². The smallest absolute Gasteiger partial charge is 0.123 e. The summed E-state index contributed by atoms with van der Waals surface area (Å²) in [6, 6.07) is 4.96. The van der Waals surface area contributed by atoms with Crippen molar-refractivity contribution in [2.45, 2.75) is 44.7 Å². The van der Waals surface area contributed by atoms with Crippen LogP contribution in [0.15, 0.2) is 18.2 Å². The van der Waals surface area contributed by atoms with Crippen molar-refractivity contribution in [3.05, 3.63) is 34.6 Å². The molecule has 1 aromatic rings. The van der Waals surface area contributed by atoms with Gasteiger partial charge in [0.15, 0.2) is 0 Å². The monoisotopic (exact) mass is 285 g/mol. The lowest BCUT2D eigenvalue weighted by Gasteiger charge is -2.34. The number of hydrogen-bond acceptors (Lipinski definition) is 2. The van der Waals surface area contributed by atoms with Crippen LogP contribution >= 0.6 is 11.6 Å². The molecule has 1 fully saturated rings. The number of aliphatic hydroxyl groups is 1. The summed E-state index contributed by atoms with van der Waals surface area (Å²) >= 11 is 6.12. The molecule has 0 bridgehead atoms. The molecule has 0 atom stereocenters. The van der Waals surface area contributed by atoms with E-state index in [-0.39, 0.29) is 12.4 Å². The predicted molar refractivity (Wildman–Crippen MR) is 75.8 cm³/mol. The molecule has 0 unspecified atom stereocenters. The van der Waals surface area contributed by atoms with Gasteiger partial charge in [0.2, 0.25) is 0 Å². The minimum atomic E-state index is -0.257. The van der Waals surface area contributed by atoms with Gasteiger partial charge in [-0.05, 0) is 36.6 Å². The summed E-state index contributed by atoms with van der Waals surface area (Å²) in [6.45, 7) is 1.36. The molecule has 1 aliphatic rings. The van der Waals surface area contributed by atoms with E-state index in [1.54, 1.807) is 6.07 Å². The average Bonchev–Trinajstić information content (AvgIpc) is 2.43. The molecule has 0 saturated heterocycles. The van der Waals surface area contributed by atoms with Crippen molar-refractivity contribution in [3.63, 3.8) is 0 Å². The van der Waals surface area contributed by atoms with E-state index in [1.165, 1.54) is 31.4 Å². The Balaban J connectivity index is 2.08. The Morgan fingerprint density at radius 3 is 2.68 bits per heavy atom. The summed E-state index contributed by atoms with van der Waals surface area (Å²) in [6.07, 6.45) is 6.09. The lowest BCUT2D eigenvalue weighted by molar-refractivity contribution is 0.117. The van der Waals surface area contributed by atoms with Gasteiger partial charge in [-0.25, -0.2) is 4.39 Å². The van der Waals surface area contributed by atoms with Gasteiger partial charge in [0.25, 0.3) is 0 Å². The molecule has 2 rings (SSSR count). The third-order valence-electron chi connectivity index (χ3n) is 3.86. The second-order valence-electron chi connectivity index (χ2n) is 5.22. The van der Waals surface area contributed by atoms with Crippen LogP contribution < -0.4 is 0 Å². The van der Waals surface area contributed by atoms with E-state index < -0.39 is 0 Å². The quantitative estimate of drug-likeness (QED) is 0.893. The van der Waals surface area contributed by atoms with Crippen molar-refractivity contribution in [1.82, 2.24) is 4.90 Å². The fourth-order valence-electron chi connectivity index (χ4n) is 2.85. The van der Waals surface area contributed by atoms with Crippen molar-refractivity contribution >= 4 is 11.6 Å². The molecule has 0 amide bonds. The van der Waals surface area contributed by atoms with Crippen LogP contribution in [0.4, 0.5) is 4.39 Å². The Kier molecular flexibility index (Phi) is 5.61. The highest BCUT2D eigenvalue weighted by atomic mass is 35.5. The highest BCUT2D eigenvalue weighted by molar-refractivity contribution is 6.31. The SMILES string of the molecule is OCCN(Cc1cc(F)ccc1Cl)C1CCCCC1. The molecule has 0 heterocycles. The largest absolute Gasteiger partial charge is 0.395 e. The van der Waals surface area contributed by atoms with E-state index in [0.29, 0.717) is 24.2 Å². The summed E-state index contributed by atoms with van der Waals surface area (Å²) in [4.78, 5) is 2.24. The zero-order valence-corrected chi connectivity index (χ0v) is 11.9. The normalized spacial score (nSPS) is 17.1. The molecule has 0 spiro atoms. The Labute approximate surface area is 119 Å². The zero-order valence-electron chi connectivity index (χ0n) is 11.1. The van der Waals surface area contributed by atoms with Crippen LogP contribution in [0.5, 0.6) is 0 Å². The Bertz CT molecular complexity index is 407. The number of nitrogens with zero attached hydrogens (tertiary/aromatic N) is 1. The maximum Gasteiger partial charge on any atom is 0.123 e. The number of benzene rings is 1. The van der Waals surface area contributed by atoms with Crippen LogP contribution in [-0.2, 0) is 6.54 Å². The highest BCUT2D eigenvalue weighted by Crippen LogP contribution is 2.26. The number of aliphatic hydroxyl groups excluding tert-OH is 1. The molecule has 4 heteroatoms. The van der Waals surface area contributed by atoms with E-state index in [0.717, 1.165) is 18.4 Å². The van der Waals surface area contributed by atoms with Crippen molar-refractivity contribution in [2.24, 2.45) is 0 Å². The van der Waals surface area contributed by atoms with Gasteiger partial charge in [-0.15, -0.1) is 0 Å². The molecule has 0 aromatic heterocycles. The van der Waals surface area contributed by atoms with E-state index in [9.17, 15) is 9.50 Å². The van der Waals surface area contributed by atoms with Crippen LogP contribution in [0.25, 0.3) is 0 Å². The third-order valence-corrected chi connectivity index (χ3v) is 4.23. The number of rotatable bonds is 5. The first kappa shape index (κ1) is 14.8. The molecule has 1 saturated carbocycles. The Morgan fingerprint density at radius 1 is 1.26 bits per heavy atom. The Hall–Kier alpha value is -0.640. The maximum atomic E-state index is 13.3. The van der Waals surface area contributed by atoms with E-state index in [2.05, 4.69) is 4.90 Å². The van der Waals surface area contributed by atoms with Gasteiger partial charge in [0.05, 0.1) is 6.61 Å². The number of halogens is 2. The van der Waals surface area contributed by atoms with Gasteiger partial charge in [0.1, 0.15) is 5.82 Å². The summed E-state index contributed by atoms with van der Waals surface area (Å²) in [5.41, 5.74) is 0.806. The second-order valence-corrected chi connectivity index (χ2v) is 5.63. The summed E-state index contributed by atoms with van der Waals surface area (Å²) in [7, 11) is 0. The van der Waals surface area contributed by atoms with Crippen molar-refractivity contribution in [3.8, 4) is 0 Å². The van der Waals surface area contributed by atoms with Crippen LogP contribution in [-0.4, -0.2) is 29.2 Å². The van der Waals surface area contributed by atoms with Gasteiger partial charge in [-0.1, -0.05) is 30.9 Å². The molecular weight excluding hydrogens is 265 g/mol. The lowest BCUT2D eigenvalue weighted by Crippen LogP contribution is -2.38. The third kappa shape index (κ3) is 4.16. The molecule has 2 nitrogen and oxygen atoms in total. The zero-order chi connectivity index (χ0) is 13.7. The highest BCUT2D eigenvalue weighted by Gasteiger charge is 2.21. The summed E-state index contributed by atoms with van der Waals surface area (Å²) in [5, 5.41) is 9.82. The van der Waals surface area contributed by atoms with Gasteiger partial charge in [-0.2, -0.15) is 0 Å². The van der Waals surface area contributed by atoms with E-state index >= 15 is 0 Å². The molecule has 0 aliphatic heterocycles. The predicted octanol–water partition coefficient (Wildman–Crippen LogP) is 3.61. The van der Waals surface area contributed by atoms with Crippen molar-refractivity contribution < 1.29 is 9.50 Å². The minimum absolute atomic E-state index is 0.128. The summed E-state index contributed by atoms with van der Waals surface area (Å²) < 4.78 is 13.3. The second kappa shape index (κ2) is 7.22. The molecule has 0 radical (unpaired) electrons. The fourth-order valence-corrected chi connectivity index (χ4v) is 3.03. The first-order valence-electron chi connectivity index (χ1n) is 6.99. The molecule has 106 valence electrons. The fraction of sp³-hybridized carbons (Fsp3) is 0.600. The van der Waals surface area contributed by atoms with E-state index in [1.807, 2.05) is 0 Å². The minimum Gasteiger partial charge on any atom is -0.395 e. The van der Waals surface area contributed by atoms with Gasteiger partial charge >= 0.3 is 0 Å². The molecule has 1 N–H and O–H groups in total. The first-order chi connectivity index (χ1) is 9.20. The molecule has 19 heavy (non-hydrogen) atoms. The van der Waals surface area contributed by atoms with Crippen molar-refractivity contribution in [2.75, 3.05) is 13.2 Å².